The van der Waals surface area contributed by atoms with Gasteiger partial charge in [0.25, 0.3) is 5.91 Å². The summed E-state index contributed by atoms with van der Waals surface area (Å²) in [6, 6.07) is 16.9. The maximum absolute atomic E-state index is 12.4. The average molecular weight is 451 g/mol. The van der Waals surface area contributed by atoms with Gasteiger partial charge in [-0.1, -0.05) is 11.6 Å². The molecule has 0 atom stereocenters. The number of carbonyl (C=O) groups excluding carboxylic acids is 1. The minimum absolute atomic E-state index is 0.168. The van der Waals surface area contributed by atoms with E-state index in [0.717, 1.165) is 61.2 Å². The van der Waals surface area contributed by atoms with Crippen LogP contribution in [0.1, 0.15) is 11.3 Å². The molecule has 1 amide bonds. The summed E-state index contributed by atoms with van der Waals surface area (Å²) in [5.74, 6) is 1.98. The Balaban J connectivity index is 1.24. The van der Waals surface area contributed by atoms with Crippen molar-refractivity contribution in [2.75, 3.05) is 44.8 Å². The Morgan fingerprint density at radius 2 is 1.88 bits per heavy atom. The van der Waals surface area contributed by atoms with Crippen molar-refractivity contribution in [3.05, 3.63) is 70.9 Å². The molecule has 3 heterocycles. The molecular weight excluding hydrogens is 428 g/mol. The van der Waals surface area contributed by atoms with E-state index in [2.05, 4.69) is 10.2 Å². The van der Waals surface area contributed by atoms with Crippen LogP contribution in [0.4, 0.5) is 5.69 Å². The first kappa shape index (κ1) is 20.8. The van der Waals surface area contributed by atoms with Gasteiger partial charge >= 0.3 is 0 Å². The normalized spacial score (nSPS) is 17.4. The molecule has 164 valence electrons. The van der Waals surface area contributed by atoms with Gasteiger partial charge in [-0.15, -0.1) is 0 Å². The zero-order valence-corrected chi connectivity index (χ0v) is 18.2. The summed E-state index contributed by atoms with van der Waals surface area (Å²) in [5, 5.41) is 3.43. The molecule has 0 radical (unpaired) electrons. The van der Waals surface area contributed by atoms with Crippen LogP contribution in [0, 0.1) is 0 Å². The third-order valence-corrected chi connectivity index (χ3v) is 5.83. The number of morpholine rings is 1. The molecule has 1 N–H and O–H groups in total. The van der Waals surface area contributed by atoms with Gasteiger partial charge in [-0.25, -0.2) is 0 Å². The standard InChI is InChI=1S/C25H23ClN2O4/c26-18-3-7-23-21(15-18)22(25(29)27-23)16-20-6-8-24(32-20)17-1-4-19(5-2-17)31-14-11-28-9-12-30-13-10-28/h1-8,15-16H,9-14H2,(H,27,29)/b22-16-. The van der Waals surface area contributed by atoms with Crippen LogP contribution in [0.3, 0.4) is 0 Å². The number of nitrogens with one attached hydrogen (secondary N) is 1. The number of hydrogen-bond acceptors (Lipinski definition) is 5. The van der Waals surface area contributed by atoms with Gasteiger partial charge < -0.3 is 19.2 Å². The fraction of sp³-hybridized carbons (Fsp3) is 0.240. The lowest BCUT2D eigenvalue weighted by Crippen LogP contribution is -2.38. The molecular formula is C25H23ClN2O4. The largest absolute Gasteiger partial charge is 0.492 e. The number of furan rings is 1. The van der Waals surface area contributed by atoms with Crippen molar-refractivity contribution in [1.82, 2.24) is 4.90 Å². The summed E-state index contributed by atoms with van der Waals surface area (Å²) in [6.45, 7) is 5.04. The van der Waals surface area contributed by atoms with Crippen LogP contribution in [0.2, 0.25) is 5.02 Å². The molecule has 32 heavy (non-hydrogen) atoms. The van der Waals surface area contributed by atoms with Crippen molar-refractivity contribution in [1.29, 1.82) is 0 Å². The summed E-state index contributed by atoms with van der Waals surface area (Å²) in [4.78, 5) is 14.7. The molecule has 1 fully saturated rings. The van der Waals surface area contributed by atoms with Crippen molar-refractivity contribution in [3.63, 3.8) is 0 Å². The van der Waals surface area contributed by atoms with Crippen molar-refractivity contribution < 1.29 is 18.7 Å². The Hall–Kier alpha value is -3.06. The molecule has 1 saturated heterocycles. The number of hydrogen-bond donors (Lipinski definition) is 1. The van der Waals surface area contributed by atoms with Gasteiger partial charge in [-0.05, 0) is 60.7 Å². The lowest BCUT2D eigenvalue weighted by Gasteiger charge is -2.26. The van der Waals surface area contributed by atoms with Crippen LogP contribution < -0.4 is 10.1 Å². The van der Waals surface area contributed by atoms with Crippen LogP contribution in [0.25, 0.3) is 23.0 Å². The van der Waals surface area contributed by atoms with Gasteiger partial charge in [-0.3, -0.25) is 9.69 Å². The number of ether oxygens (including phenoxy) is 2. The Bertz CT molecular complexity index is 1150. The third kappa shape index (κ3) is 4.58. The van der Waals surface area contributed by atoms with Crippen molar-refractivity contribution >= 4 is 34.8 Å². The molecule has 3 aromatic rings. The minimum atomic E-state index is -0.168. The molecule has 2 aliphatic rings. The number of fused-ring (bicyclic) bond motifs is 1. The lowest BCUT2D eigenvalue weighted by atomic mass is 10.1. The summed E-state index contributed by atoms with van der Waals surface area (Å²) in [7, 11) is 0. The third-order valence-electron chi connectivity index (χ3n) is 5.60. The molecule has 0 spiro atoms. The van der Waals surface area contributed by atoms with Crippen LogP contribution in [-0.4, -0.2) is 50.3 Å². The average Bonchev–Trinajstić information content (AvgIpc) is 3.40. The zero-order valence-electron chi connectivity index (χ0n) is 17.5. The number of rotatable bonds is 6. The SMILES string of the molecule is O=C1Nc2ccc(Cl)cc2/C1=C/c1ccc(-c2ccc(OCCN3CCOCC3)cc2)o1. The highest BCUT2D eigenvalue weighted by Crippen LogP contribution is 2.35. The highest BCUT2D eigenvalue weighted by Gasteiger charge is 2.24. The quantitative estimate of drug-likeness (QED) is 0.546. The van der Waals surface area contributed by atoms with E-state index in [-0.39, 0.29) is 5.91 Å². The Morgan fingerprint density at radius 3 is 2.69 bits per heavy atom. The van der Waals surface area contributed by atoms with Crippen LogP contribution in [0.5, 0.6) is 5.75 Å². The Kier molecular flexibility index (Phi) is 5.99. The molecule has 6 nitrogen and oxygen atoms in total. The van der Waals surface area contributed by atoms with Gasteiger partial charge in [0.15, 0.2) is 0 Å². The number of nitrogens with zero attached hydrogens (tertiary/aromatic N) is 1. The second-order valence-corrected chi connectivity index (χ2v) is 8.17. The van der Waals surface area contributed by atoms with Gasteiger partial charge in [0.2, 0.25) is 0 Å². The van der Waals surface area contributed by atoms with Crippen molar-refractivity contribution in [2.24, 2.45) is 0 Å². The molecule has 2 aliphatic heterocycles. The maximum atomic E-state index is 12.4. The molecule has 0 saturated carbocycles. The van der Waals surface area contributed by atoms with E-state index in [1.165, 1.54) is 0 Å². The molecule has 1 aromatic heterocycles. The smallest absolute Gasteiger partial charge is 0.256 e. The predicted molar refractivity (Wildman–Crippen MR) is 125 cm³/mol. The fourth-order valence-electron chi connectivity index (χ4n) is 3.86. The van der Waals surface area contributed by atoms with E-state index in [4.69, 9.17) is 25.5 Å². The first-order chi connectivity index (χ1) is 15.7. The number of carbonyl (C=O) groups is 1. The molecule has 0 aliphatic carbocycles. The summed E-state index contributed by atoms with van der Waals surface area (Å²) < 4.78 is 17.2. The zero-order chi connectivity index (χ0) is 21.9. The molecule has 7 heteroatoms. The monoisotopic (exact) mass is 450 g/mol. The minimum Gasteiger partial charge on any atom is -0.492 e. The van der Waals surface area contributed by atoms with Crippen LogP contribution in [0.15, 0.2) is 59.0 Å². The van der Waals surface area contributed by atoms with Crippen LogP contribution in [-0.2, 0) is 9.53 Å². The molecule has 0 unspecified atom stereocenters. The topological polar surface area (TPSA) is 63.9 Å². The second-order valence-electron chi connectivity index (χ2n) is 7.73. The summed E-state index contributed by atoms with van der Waals surface area (Å²) >= 11 is 6.10. The predicted octanol–water partition coefficient (Wildman–Crippen LogP) is 4.80. The van der Waals surface area contributed by atoms with Crippen molar-refractivity contribution in [3.8, 4) is 17.1 Å². The number of amides is 1. The van der Waals surface area contributed by atoms with Gasteiger partial charge in [0, 0.05) is 41.5 Å². The highest BCUT2D eigenvalue weighted by molar-refractivity contribution is 6.36. The van der Waals surface area contributed by atoms with Crippen LogP contribution >= 0.6 is 11.6 Å². The lowest BCUT2D eigenvalue weighted by molar-refractivity contribution is -0.110. The molecule has 0 bridgehead atoms. The fourth-order valence-corrected chi connectivity index (χ4v) is 4.04. The highest BCUT2D eigenvalue weighted by atomic mass is 35.5. The van der Waals surface area contributed by atoms with E-state index in [9.17, 15) is 4.79 Å². The maximum Gasteiger partial charge on any atom is 0.256 e. The number of halogens is 1. The van der Waals surface area contributed by atoms with Gasteiger partial charge in [0.1, 0.15) is 23.9 Å². The molecule has 2 aromatic carbocycles. The van der Waals surface area contributed by atoms with Gasteiger partial charge in [-0.2, -0.15) is 0 Å². The van der Waals surface area contributed by atoms with E-state index in [1.807, 2.05) is 36.4 Å². The van der Waals surface area contributed by atoms with Gasteiger partial charge in [0.05, 0.1) is 18.8 Å². The van der Waals surface area contributed by atoms with E-state index < -0.39 is 0 Å². The van der Waals surface area contributed by atoms with E-state index >= 15 is 0 Å². The number of benzene rings is 2. The Morgan fingerprint density at radius 1 is 1.06 bits per heavy atom. The number of anilines is 1. The first-order valence-corrected chi connectivity index (χ1v) is 11.0. The molecule has 5 rings (SSSR count). The Labute approximate surface area is 191 Å². The first-order valence-electron chi connectivity index (χ1n) is 10.6. The summed E-state index contributed by atoms with van der Waals surface area (Å²) in [6.07, 6.45) is 1.74. The van der Waals surface area contributed by atoms with E-state index in [0.29, 0.717) is 23.0 Å². The van der Waals surface area contributed by atoms with E-state index in [1.54, 1.807) is 24.3 Å². The second kappa shape index (κ2) is 9.20. The summed E-state index contributed by atoms with van der Waals surface area (Å²) in [5.41, 5.74) is 3.00. The van der Waals surface area contributed by atoms with Crippen molar-refractivity contribution in [2.45, 2.75) is 0 Å².